The second-order valence-corrected chi connectivity index (χ2v) is 6.22. The van der Waals surface area contributed by atoms with E-state index >= 15 is 0 Å². The Labute approximate surface area is 126 Å². The maximum absolute atomic E-state index is 12.3. The van der Waals surface area contributed by atoms with Crippen molar-refractivity contribution in [2.45, 2.75) is 57.5 Å². The van der Waals surface area contributed by atoms with Crippen molar-refractivity contribution in [3.05, 3.63) is 0 Å². The van der Waals surface area contributed by atoms with E-state index in [2.05, 4.69) is 22.5 Å². The number of hydrogen-bond donors (Lipinski definition) is 2. The summed E-state index contributed by atoms with van der Waals surface area (Å²) in [4.78, 5) is 6.13. The van der Waals surface area contributed by atoms with E-state index in [0.717, 1.165) is 37.8 Å². The van der Waals surface area contributed by atoms with E-state index in [-0.39, 0.29) is 6.54 Å². The zero-order valence-corrected chi connectivity index (χ0v) is 13.1. The lowest BCUT2D eigenvalue weighted by atomic mass is 10.1. The first-order valence-corrected chi connectivity index (χ1v) is 8.12. The topological polar surface area (TPSA) is 39.7 Å². The monoisotopic (exact) mass is 302 g/mol. The third-order valence-electron chi connectivity index (χ3n) is 4.45. The highest BCUT2D eigenvalue weighted by Crippen LogP contribution is 2.34. The fourth-order valence-electron chi connectivity index (χ4n) is 3.11. The molecule has 1 aliphatic heterocycles. The standard InChI is InChI=1S/C15H28F2N4/c1-3-4-11-9-13(11)20-15(18-2)19-12-5-7-21(8-6-12)10-14(16)17/h11-14H,3-10H2,1-2H3,(H2,18,19,20). The molecule has 2 aliphatic rings. The van der Waals surface area contributed by atoms with Crippen molar-refractivity contribution in [3.8, 4) is 0 Å². The molecule has 0 aromatic heterocycles. The number of hydrogen-bond acceptors (Lipinski definition) is 2. The summed E-state index contributed by atoms with van der Waals surface area (Å²) >= 11 is 0. The van der Waals surface area contributed by atoms with Gasteiger partial charge in [-0.25, -0.2) is 8.78 Å². The third-order valence-corrected chi connectivity index (χ3v) is 4.45. The summed E-state index contributed by atoms with van der Waals surface area (Å²) < 4.78 is 24.7. The van der Waals surface area contributed by atoms with E-state index in [1.807, 2.05) is 4.90 Å². The van der Waals surface area contributed by atoms with Crippen molar-refractivity contribution in [2.75, 3.05) is 26.7 Å². The van der Waals surface area contributed by atoms with Gasteiger partial charge in [0.15, 0.2) is 5.96 Å². The number of guanidine groups is 1. The molecule has 2 unspecified atom stereocenters. The predicted octanol–water partition coefficient (Wildman–Crippen LogP) is 2.07. The summed E-state index contributed by atoms with van der Waals surface area (Å²) in [6.07, 6.45) is 3.32. The van der Waals surface area contributed by atoms with Gasteiger partial charge in [-0.05, 0) is 31.6 Å². The first kappa shape index (κ1) is 16.5. The summed E-state index contributed by atoms with van der Waals surface area (Å²) in [5, 5.41) is 6.91. The Morgan fingerprint density at radius 2 is 2.00 bits per heavy atom. The molecule has 2 N–H and O–H groups in total. The second-order valence-electron chi connectivity index (χ2n) is 6.22. The van der Waals surface area contributed by atoms with Gasteiger partial charge in [-0.1, -0.05) is 13.3 Å². The highest BCUT2D eigenvalue weighted by molar-refractivity contribution is 5.80. The average molecular weight is 302 g/mol. The van der Waals surface area contributed by atoms with E-state index in [4.69, 9.17) is 0 Å². The van der Waals surface area contributed by atoms with E-state index in [0.29, 0.717) is 12.1 Å². The van der Waals surface area contributed by atoms with E-state index in [1.165, 1.54) is 19.3 Å². The van der Waals surface area contributed by atoms with Crippen LogP contribution in [-0.4, -0.2) is 56.1 Å². The number of nitrogens with one attached hydrogen (secondary N) is 2. The highest BCUT2D eigenvalue weighted by Gasteiger charge is 2.36. The van der Waals surface area contributed by atoms with E-state index < -0.39 is 6.43 Å². The molecule has 0 radical (unpaired) electrons. The number of halogens is 2. The van der Waals surface area contributed by atoms with Crippen LogP contribution in [0, 0.1) is 5.92 Å². The molecule has 6 heteroatoms. The smallest absolute Gasteiger partial charge is 0.251 e. The van der Waals surface area contributed by atoms with Crippen LogP contribution in [0.15, 0.2) is 4.99 Å². The molecule has 4 nitrogen and oxygen atoms in total. The van der Waals surface area contributed by atoms with Gasteiger partial charge in [-0.15, -0.1) is 0 Å². The van der Waals surface area contributed by atoms with Crippen LogP contribution < -0.4 is 10.6 Å². The molecule has 122 valence electrons. The summed E-state index contributed by atoms with van der Waals surface area (Å²) in [6.45, 7) is 3.60. The first-order chi connectivity index (χ1) is 10.1. The number of piperidine rings is 1. The van der Waals surface area contributed by atoms with Crippen molar-refractivity contribution in [3.63, 3.8) is 0 Å². The van der Waals surface area contributed by atoms with Crippen LogP contribution in [0.3, 0.4) is 0 Å². The molecule has 2 rings (SSSR count). The average Bonchev–Trinajstić information content (AvgIpc) is 3.18. The van der Waals surface area contributed by atoms with Gasteiger partial charge in [0.05, 0.1) is 6.54 Å². The van der Waals surface area contributed by atoms with Gasteiger partial charge in [0, 0.05) is 32.2 Å². The molecule has 0 spiro atoms. The summed E-state index contributed by atoms with van der Waals surface area (Å²) in [5.74, 6) is 1.66. The molecule has 2 fully saturated rings. The quantitative estimate of drug-likeness (QED) is 0.583. The number of nitrogens with zero attached hydrogens (tertiary/aromatic N) is 2. The lowest BCUT2D eigenvalue weighted by Crippen LogP contribution is -2.49. The molecule has 0 aromatic carbocycles. The second kappa shape index (κ2) is 7.92. The molecule has 1 heterocycles. The maximum atomic E-state index is 12.3. The minimum absolute atomic E-state index is 0.0968. The van der Waals surface area contributed by atoms with Crippen LogP contribution in [0.25, 0.3) is 0 Å². The molecule has 21 heavy (non-hydrogen) atoms. The summed E-state index contributed by atoms with van der Waals surface area (Å²) in [6, 6.07) is 0.906. The lowest BCUT2D eigenvalue weighted by Gasteiger charge is -2.32. The SMILES string of the molecule is CCCC1CC1NC(=NC)NC1CCN(CC(F)F)CC1. The summed E-state index contributed by atoms with van der Waals surface area (Å²) in [7, 11) is 1.79. The largest absolute Gasteiger partial charge is 0.354 e. The minimum Gasteiger partial charge on any atom is -0.354 e. The Morgan fingerprint density at radius 1 is 1.29 bits per heavy atom. The Kier molecular flexibility index (Phi) is 6.21. The fraction of sp³-hybridized carbons (Fsp3) is 0.933. The van der Waals surface area contributed by atoms with Crippen molar-refractivity contribution in [1.29, 1.82) is 0 Å². The Morgan fingerprint density at radius 3 is 2.57 bits per heavy atom. The predicted molar refractivity (Wildman–Crippen MR) is 81.9 cm³/mol. The van der Waals surface area contributed by atoms with Gasteiger partial charge in [0.2, 0.25) is 0 Å². The van der Waals surface area contributed by atoms with Crippen LogP contribution in [0.4, 0.5) is 8.78 Å². The van der Waals surface area contributed by atoms with Crippen LogP contribution in [0.2, 0.25) is 0 Å². The Bertz CT molecular complexity index is 341. The number of likely N-dealkylation sites (tertiary alicyclic amines) is 1. The van der Waals surface area contributed by atoms with Gasteiger partial charge in [0.1, 0.15) is 0 Å². The fourth-order valence-corrected chi connectivity index (χ4v) is 3.11. The maximum Gasteiger partial charge on any atom is 0.251 e. The first-order valence-electron chi connectivity index (χ1n) is 8.12. The third kappa shape index (κ3) is 5.41. The van der Waals surface area contributed by atoms with Crippen molar-refractivity contribution < 1.29 is 8.78 Å². The Hall–Kier alpha value is -0.910. The van der Waals surface area contributed by atoms with Crippen LogP contribution >= 0.6 is 0 Å². The Balaban J connectivity index is 1.67. The van der Waals surface area contributed by atoms with Crippen LogP contribution in [0.1, 0.15) is 39.0 Å². The van der Waals surface area contributed by atoms with Crippen LogP contribution in [-0.2, 0) is 0 Å². The molecule has 1 saturated carbocycles. The van der Waals surface area contributed by atoms with Gasteiger partial charge >= 0.3 is 0 Å². The number of aliphatic imine (C=N–C) groups is 1. The zero-order chi connectivity index (χ0) is 15.2. The lowest BCUT2D eigenvalue weighted by molar-refractivity contribution is 0.0744. The molecular formula is C15H28F2N4. The van der Waals surface area contributed by atoms with E-state index in [9.17, 15) is 8.78 Å². The van der Waals surface area contributed by atoms with E-state index in [1.54, 1.807) is 7.05 Å². The van der Waals surface area contributed by atoms with Gasteiger partial charge in [0.25, 0.3) is 6.43 Å². The summed E-state index contributed by atoms with van der Waals surface area (Å²) in [5.41, 5.74) is 0. The minimum atomic E-state index is -2.23. The molecule has 2 atom stereocenters. The molecule has 0 bridgehead atoms. The molecule has 0 aromatic rings. The van der Waals surface area contributed by atoms with Gasteiger partial charge < -0.3 is 10.6 Å². The normalized spacial score (nSPS) is 28.0. The molecule has 0 amide bonds. The van der Waals surface area contributed by atoms with Crippen LogP contribution in [0.5, 0.6) is 0 Å². The van der Waals surface area contributed by atoms with Gasteiger partial charge in [-0.2, -0.15) is 0 Å². The van der Waals surface area contributed by atoms with Crippen molar-refractivity contribution >= 4 is 5.96 Å². The zero-order valence-electron chi connectivity index (χ0n) is 13.1. The highest BCUT2D eigenvalue weighted by atomic mass is 19.3. The number of rotatable bonds is 6. The molecular weight excluding hydrogens is 274 g/mol. The van der Waals surface area contributed by atoms with Gasteiger partial charge in [-0.3, -0.25) is 9.89 Å². The molecule has 1 saturated heterocycles. The van der Waals surface area contributed by atoms with Crippen molar-refractivity contribution in [2.24, 2.45) is 10.9 Å². The van der Waals surface area contributed by atoms with Crippen molar-refractivity contribution in [1.82, 2.24) is 15.5 Å². The molecule has 1 aliphatic carbocycles. The number of alkyl halides is 2.